The van der Waals surface area contributed by atoms with Crippen molar-refractivity contribution in [2.75, 3.05) is 18.0 Å². The van der Waals surface area contributed by atoms with Gasteiger partial charge in [0.1, 0.15) is 0 Å². The summed E-state index contributed by atoms with van der Waals surface area (Å²) >= 11 is 3.69. The smallest absolute Gasteiger partial charge is 0.0510 e. The van der Waals surface area contributed by atoms with E-state index in [1.807, 2.05) is 6.92 Å². The molecule has 0 spiro atoms. The number of nitrogens with two attached hydrogens (primary N) is 1. The average molecular weight is 311 g/mol. The van der Waals surface area contributed by atoms with Gasteiger partial charge in [0.25, 0.3) is 0 Å². The molecule has 0 radical (unpaired) electrons. The summed E-state index contributed by atoms with van der Waals surface area (Å²) in [5.74, 6) is 0.893. The molecule has 2 N–H and O–H groups in total. The Morgan fingerprint density at radius 1 is 1.44 bits per heavy atom. The van der Waals surface area contributed by atoms with E-state index in [1.54, 1.807) is 0 Å². The van der Waals surface area contributed by atoms with E-state index >= 15 is 0 Å². The highest BCUT2D eigenvalue weighted by atomic mass is 79.9. The minimum absolute atomic E-state index is 0.0945. The summed E-state index contributed by atoms with van der Waals surface area (Å²) in [5, 5.41) is 0. The van der Waals surface area contributed by atoms with Crippen LogP contribution in [0.15, 0.2) is 22.7 Å². The lowest BCUT2D eigenvalue weighted by molar-refractivity contribution is 0.318. The van der Waals surface area contributed by atoms with Crippen molar-refractivity contribution < 1.29 is 0 Å². The Morgan fingerprint density at radius 3 is 2.61 bits per heavy atom. The molecule has 0 heterocycles. The van der Waals surface area contributed by atoms with E-state index < -0.39 is 0 Å². The van der Waals surface area contributed by atoms with Gasteiger partial charge in [0, 0.05) is 23.6 Å². The van der Waals surface area contributed by atoms with Crippen LogP contribution in [-0.4, -0.2) is 13.1 Å². The first kappa shape index (κ1) is 13.9. The van der Waals surface area contributed by atoms with Gasteiger partial charge in [-0.1, -0.05) is 12.5 Å². The summed E-state index contributed by atoms with van der Waals surface area (Å²) in [6.07, 6.45) is 4.20. The van der Waals surface area contributed by atoms with Crippen molar-refractivity contribution in [3.05, 3.63) is 28.2 Å². The Bertz CT molecular complexity index is 399. The average Bonchev–Trinajstić information content (AvgIpc) is 2.29. The number of anilines is 1. The van der Waals surface area contributed by atoms with E-state index in [2.05, 4.69) is 46.0 Å². The molecule has 1 atom stereocenters. The van der Waals surface area contributed by atoms with Gasteiger partial charge >= 0.3 is 0 Å². The van der Waals surface area contributed by atoms with Crippen molar-refractivity contribution in [2.24, 2.45) is 11.7 Å². The van der Waals surface area contributed by atoms with Gasteiger partial charge in [-0.2, -0.15) is 0 Å². The van der Waals surface area contributed by atoms with Gasteiger partial charge in [-0.15, -0.1) is 0 Å². The third-order valence-corrected chi connectivity index (χ3v) is 4.56. The van der Waals surface area contributed by atoms with E-state index in [1.165, 1.54) is 41.5 Å². The van der Waals surface area contributed by atoms with Crippen LogP contribution in [0.1, 0.15) is 44.7 Å². The van der Waals surface area contributed by atoms with Crippen LogP contribution in [0.2, 0.25) is 0 Å². The first-order chi connectivity index (χ1) is 8.61. The first-order valence-electron chi connectivity index (χ1n) is 6.91. The molecule has 0 aromatic heterocycles. The van der Waals surface area contributed by atoms with Crippen molar-refractivity contribution in [2.45, 2.75) is 39.2 Å². The van der Waals surface area contributed by atoms with Crippen molar-refractivity contribution in [1.29, 1.82) is 0 Å². The number of halogens is 1. The molecule has 2 rings (SSSR count). The highest BCUT2D eigenvalue weighted by Crippen LogP contribution is 2.33. The third-order valence-electron chi connectivity index (χ3n) is 3.92. The molecule has 1 aliphatic carbocycles. The molecule has 1 unspecified atom stereocenters. The van der Waals surface area contributed by atoms with Gasteiger partial charge in [0.05, 0.1) is 5.69 Å². The fourth-order valence-corrected chi connectivity index (χ4v) is 3.09. The molecule has 18 heavy (non-hydrogen) atoms. The Morgan fingerprint density at radius 2 is 2.17 bits per heavy atom. The lowest BCUT2D eigenvalue weighted by atomic mass is 9.85. The van der Waals surface area contributed by atoms with Crippen LogP contribution in [0.5, 0.6) is 0 Å². The lowest BCUT2D eigenvalue weighted by Gasteiger charge is -2.33. The molecule has 100 valence electrons. The molecule has 1 aromatic carbocycles. The molecule has 1 aromatic rings. The number of rotatable bonds is 5. The summed E-state index contributed by atoms with van der Waals surface area (Å²) in [6, 6.07) is 6.60. The zero-order valence-electron chi connectivity index (χ0n) is 11.3. The fourth-order valence-electron chi connectivity index (χ4n) is 2.45. The Kier molecular flexibility index (Phi) is 4.68. The number of benzene rings is 1. The van der Waals surface area contributed by atoms with Crippen LogP contribution in [0.4, 0.5) is 5.69 Å². The summed E-state index contributed by atoms with van der Waals surface area (Å²) in [6.45, 7) is 6.50. The fraction of sp³-hybridized carbons (Fsp3) is 0.600. The molecule has 0 saturated heterocycles. The number of nitrogens with zero attached hydrogens (tertiary/aromatic N) is 1. The predicted octanol–water partition coefficient (Wildman–Crippen LogP) is 4.10. The first-order valence-corrected chi connectivity index (χ1v) is 7.71. The van der Waals surface area contributed by atoms with Crippen LogP contribution in [0.3, 0.4) is 0 Å². The molecular weight excluding hydrogens is 288 g/mol. The largest absolute Gasteiger partial charge is 0.371 e. The van der Waals surface area contributed by atoms with Crippen molar-refractivity contribution in [3.63, 3.8) is 0 Å². The second-order valence-electron chi connectivity index (χ2n) is 5.34. The Balaban J connectivity index is 2.14. The van der Waals surface area contributed by atoms with Gasteiger partial charge in [-0.3, -0.25) is 0 Å². The molecular formula is C15H23BrN2. The van der Waals surface area contributed by atoms with Crippen molar-refractivity contribution in [1.82, 2.24) is 0 Å². The molecule has 0 bridgehead atoms. The van der Waals surface area contributed by atoms with Gasteiger partial charge < -0.3 is 10.6 Å². The molecule has 1 saturated carbocycles. The lowest BCUT2D eigenvalue weighted by Crippen LogP contribution is -2.32. The number of hydrogen-bond donors (Lipinski definition) is 1. The topological polar surface area (TPSA) is 29.3 Å². The standard InChI is InChI=1S/C15H23BrN2/c1-3-18(10-12-5-4-6-12)15-8-7-13(11(2)17)9-14(15)16/h7-9,11-12H,3-6,10,17H2,1-2H3. The zero-order valence-corrected chi connectivity index (χ0v) is 12.9. The SMILES string of the molecule is CCN(CC1CCC1)c1ccc(C(C)N)cc1Br. The minimum Gasteiger partial charge on any atom is -0.371 e. The molecule has 1 aliphatic rings. The van der Waals surface area contributed by atoms with Crippen LogP contribution in [-0.2, 0) is 0 Å². The molecule has 0 amide bonds. The highest BCUT2D eigenvalue weighted by Gasteiger charge is 2.21. The van der Waals surface area contributed by atoms with E-state index in [0.29, 0.717) is 0 Å². The molecule has 2 nitrogen and oxygen atoms in total. The van der Waals surface area contributed by atoms with E-state index in [9.17, 15) is 0 Å². The van der Waals surface area contributed by atoms with Crippen LogP contribution < -0.4 is 10.6 Å². The van der Waals surface area contributed by atoms with Gasteiger partial charge in [-0.05, 0) is 66.2 Å². The summed E-state index contributed by atoms with van der Waals surface area (Å²) in [5.41, 5.74) is 8.40. The van der Waals surface area contributed by atoms with E-state index in [0.717, 1.165) is 12.5 Å². The van der Waals surface area contributed by atoms with Crippen molar-refractivity contribution in [3.8, 4) is 0 Å². The van der Waals surface area contributed by atoms with Gasteiger partial charge in [-0.25, -0.2) is 0 Å². The molecule has 0 aliphatic heterocycles. The maximum absolute atomic E-state index is 5.92. The predicted molar refractivity (Wildman–Crippen MR) is 82.0 cm³/mol. The minimum atomic E-state index is 0.0945. The highest BCUT2D eigenvalue weighted by molar-refractivity contribution is 9.10. The quantitative estimate of drug-likeness (QED) is 0.887. The normalized spacial score (nSPS) is 17.3. The van der Waals surface area contributed by atoms with Gasteiger partial charge in [0.2, 0.25) is 0 Å². The summed E-state index contributed by atoms with van der Waals surface area (Å²) in [7, 11) is 0. The van der Waals surface area contributed by atoms with Crippen LogP contribution in [0.25, 0.3) is 0 Å². The monoisotopic (exact) mass is 310 g/mol. The second-order valence-corrected chi connectivity index (χ2v) is 6.19. The van der Waals surface area contributed by atoms with E-state index in [-0.39, 0.29) is 6.04 Å². The van der Waals surface area contributed by atoms with E-state index in [4.69, 9.17) is 5.73 Å². The second kappa shape index (κ2) is 6.07. The third kappa shape index (κ3) is 3.07. The summed E-state index contributed by atoms with van der Waals surface area (Å²) in [4.78, 5) is 2.47. The Hall–Kier alpha value is -0.540. The molecule has 3 heteroatoms. The van der Waals surface area contributed by atoms with Crippen LogP contribution in [0, 0.1) is 5.92 Å². The molecule has 1 fully saturated rings. The van der Waals surface area contributed by atoms with Crippen LogP contribution >= 0.6 is 15.9 Å². The Labute approximate surface area is 119 Å². The van der Waals surface area contributed by atoms with Crippen molar-refractivity contribution >= 4 is 21.6 Å². The summed E-state index contributed by atoms with van der Waals surface area (Å²) < 4.78 is 1.17. The maximum atomic E-state index is 5.92. The number of hydrogen-bond acceptors (Lipinski definition) is 2. The maximum Gasteiger partial charge on any atom is 0.0510 e. The zero-order chi connectivity index (χ0) is 13.1. The van der Waals surface area contributed by atoms with Gasteiger partial charge in [0.15, 0.2) is 0 Å².